The van der Waals surface area contributed by atoms with Crippen LogP contribution in [0.4, 0.5) is 14.5 Å². The highest BCUT2D eigenvalue weighted by Crippen LogP contribution is 2.42. The second kappa shape index (κ2) is 9.02. The molecule has 1 aromatic heterocycles. The molecule has 1 aliphatic heterocycles. The number of aryl methyl sites for hydroxylation is 1. The zero-order chi connectivity index (χ0) is 22.0. The van der Waals surface area contributed by atoms with Gasteiger partial charge in [0.25, 0.3) is 0 Å². The third-order valence-electron chi connectivity index (χ3n) is 5.30. The molecule has 1 saturated heterocycles. The molecule has 1 amide bonds. The normalized spacial score (nSPS) is 18.1. The number of rotatable bonds is 7. The Kier molecular flexibility index (Phi) is 6.18. The summed E-state index contributed by atoms with van der Waals surface area (Å²) >= 11 is 6.22. The maximum atomic E-state index is 13.6. The number of alkyl halides is 1. The van der Waals surface area contributed by atoms with Crippen molar-refractivity contribution in [2.45, 2.75) is 31.2 Å². The van der Waals surface area contributed by atoms with Gasteiger partial charge < -0.3 is 9.64 Å². The number of hydrogen-bond donors (Lipinski definition) is 0. The molecule has 1 fully saturated rings. The van der Waals surface area contributed by atoms with Gasteiger partial charge in [0, 0.05) is 24.4 Å². The number of pyridine rings is 1. The van der Waals surface area contributed by atoms with Gasteiger partial charge in [-0.25, -0.2) is 8.78 Å². The third kappa shape index (κ3) is 4.54. The maximum absolute atomic E-state index is 13.6. The van der Waals surface area contributed by atoms with Crippen molar-refractivity contribution in [3.8, 4) is 5.75 Å². The Morgan fingerprint density at radius 2 is 1.77 bits per heavy atom. The van der Waals surface area contributed by atoms with Gasteiger partial charge in [-0.2, -0.15) is 0 Å². The van der Waals surface area contributed by atoms with Gasteiger partial charge in [-0.1, -0.05) is 25.1 Å². The summed E-state index contributed by atoms with van der Waals surface area (Å²) in [7, 11) is 0. The average Bonchev–Trinajstić information content (AvgIpc) is 2.77. The molecule has 3 aromatic rings. The summed E-state index contributed by atoms with van der Waals surface area (Å²) < 4.78 is 33.0. The van der Waals surface area contributed by atoms with Crippen LogP contribution in [-0.2, 0) is 17.6 Å². The largest absolute Gasteiger partial charge is 0.493 e. The van der Waals surface area contributed by atoms with E-state index in [0.717, 1.165) is 35.9 Å². The quantitative estimate of drug-likeness (QED) is 0.371. The fourth-order valence-electron chi connectivity index (χ4n) is 3.58. The zero-order valence-electron chi connectivity index (χ0n) is 16.9. The van der Waals surface area contributed by atoms with E-state index < -0.39 is 29.0 Å². The molecule has 0 radical (unpaired) electrons. The number of carbonyl (C=O) groups is 1. The fourth-order valence-corrected chi connectivity index (χ4v) is 3.95. The van der Waals surface area contributed by atoms with E-state index in [1.807, 2.05) is 12.3 Å². The van der Waals surface area contributed by atoms with Crippen LogP contribution >= 0.6 is 11.6 Å². The second-order valence-electron chi connectivity index (χ2n) is 7.36. The molecular weight excluding hydrogens is 422 g/mol. The van der Waals surface area contributed by atoms with Crippen molar-refractivity contribution in [2.75, 3.05) is 11.5 Å². The zero-order valence-corrected chi connectivity index (χ0v) is 17.7. The molecule has 0 N–H and O–H groups in total. The van der Waals surface area contributed by atoms with E-state index in [1.54, 1.807) is 24.3 Å². The van der Waals surface area contributed by atoms with E-state index in [0.29, 0.717) is 18.8 Å². The number of nitrogens with zero attached hydrogens (tertiary/aromatic N) is 2. The Balaban J connectivity index is 1.41. The van der Waals surface area contributed by atoms with E-state index in [9.17, 15) is 13.6 Å². The number of carbonyl (C=O) groups excluding carboxylic acids is 1. The highest BCUT2D eigenvalue weighted by molar-refractivity contribution is 6.37. The van der Waals surface area contributed by atoms with Crippen LogP contribution in [0.25, 0.3) is 0 Å². The highest BCUT2D eigenvalue weighted by atomic mass is 35.5. The monoisotopic (exact) mass is 442 g/mol. The predicted octanol–water partition coefficient (Wildman–Crippen LogP) is 5.24. The number of ether oxygens (including phenoxy) is 1. The molecule has 31 heavy (non-hydrogen) atoms. The molecule has 1 aliphatic rings. The molecule has 2 heterocycles. The van der Waals surface area contributed by atoms with Crippen LogP contribution in [0.1, 0.15) is 29.8 Å². The van der Waals surface area contributed by atoms with Crippen LogP contribution in [0.2, 0.25) is 0 Å². The minimum atomic E-state index is -0.796. The molecule has 2 atom stereocenters. The van der Waals surface area contributed by atoms with E-state index in [-0.39, 0.29) is 5.69 Å². The molecule has 0 aliphatic carbocycles. The van der Waals surface area contributed by atoms with E-state index in [2.05, 4.69) is 18.0 Å². The van der Waals surface area contributed by atoms with Gasteiger partial charge in [-0.15, -0.1) is 11.6 Å². The Labute approximate surface area is 184 Å². The van der Waals surface area contributed by atoms with Crippen molar-refractivity contribution in [1.82, 2.24) is 4.98 Å². The fraction of sp³-hybridized carbons (Fsp3) is 0.250. The third-order valence-corrected chi connectivity index (χ3v) is 5.72. The summed E-state index contributed by atoms with van der Waals surface area (Å²) in [5, 5.41) is -0.796. The first-order chi connectivity index (χ1) is 15.0. The van der Waals surface area contributed by atoms with Gasteiger partial charge in [0.1, 0.15) is 22.8 Å². The van der Waals surface area contributed by atoms with E-state index in [4.69, 9.17) is 16.3 Å². The summed E-state index contributed by atoms with van der Waals surface area (Å²) in [5.74, 6) is -1.21. The minimum absolute atomic E-state index is 0.145. The number of benzene rings is 2. The molecule has 4 nitrogen and oxygen atoms in total. The van der Waals surface area contributed by atoms with Gasteiger partial charge >= 0.3 is 0 Å². The van der Waals surface area contributed by atoms with Crippen molar-refractivity contribution >= 4 is 23.2 Å². The molecule has 0 bridgehead atoms. The van der Waals surface area contributed by atoms with Crippen LogP contribution in [-0.4, -0.2) is 22.9 Å². The van der Waals surface area contributed by atoms with Crippen molar-refractivity contribution in [3.63, 3.8) is 0 Å². The first-order valence-electron chi connectivity index (χ1n) is 10.1. The summed E-state index contributed by atoms with van der Waals surface area (Å²) in [6.45, 7) is 2.57. The van der Waals surface area contributed by atoms with Gasteiger partial charge in [-0.3, -0.25) is 9.78 Å². The number of halogens is 3. The van der Waals surface area contributed by atoms with Gasteiger partial charge in [0.2, 0.25) is 5.91 Å². The van der Waals surface area contributed by atoms with E-state index >= 15 is 0 Å². The lowest BCUT2D eigenvalue weighted by molar-refractivity contribution is -0.123. The number of anilines is 1. The van der Waals surface area contributed by atoms with Crippen LogP contribution in [0, 0.1) is 11.6 Å². The standard InChI is InChI=1S/C24H21ClF2N2O2/c1-2-15-3-6-19(28-14-15)9-10-31-21-7-4-16(5-8-21)23-22(25)24(30)29(23)20-12-17(26)11-18(27)13-20/h3-8,11-14,22-23H,2,9-10H2,1H3. The topological polar surface area (TPSA) is 42.4 Å². The molecule has 7 heteroatoms. The molecule has 2 unspecified atom stereocenters. The van der Waals surface area contributed by atoms with Crippen molar-refractivity contribution in [1.29, 1.82) is 0 Å². The van der Waals surface area contributed by atoms with Crippen LogP contribution in [0.15, 0.2) is 60.8 Å². The van der Waals surface area contributed by atoms with Crippen LogP contribution in [0.5, 0.6) is 5.75 Å². The Morgan fingerprint density at radius 3 is 2.39 bits per heavy atom. The van der Waals surface area contributed by atoms with Gasteiger partial charge in [0.05, 0.1) is 18.3 Å². The number of hydrogen-bond acceptors (Lipinski definition) is 3. The van der Waals surface area contributed by atoms with Crippen LogP contribution < -0.4 is 9.64 Å². The lowest BCUT2D eigenvalue weighted by Gasteiger charge is -2.44. The number of β-lactam (4-membered cyclic amide) rings is 1. The summed E-state index contributed by atoms with van der Waals surface area (Å²) in [6, 6.07) is 13.8. The van der Waals surface area contributed by atoms with Crippen molar-refractivity contribution in [2.24, 2.45) is 0 Å². The van der Waals surface area contributed by atoms with Crippen LogP contribution in [0.3, 0.4) is 0 Å². The molecule has 4 rings (SSSR count). The second-order valence-corrected chi connectivity index (χ2v) is 7.83. The number of amides is 1. The van der Waals surface area contributed by atoms with Gasteiger partial charge in [0.15, 0.2) is 0 Å². The minimum Gasteiger partial charge on any atom is -0.493 e. The Morgan fingerprint density at radius 1 is 1.06 bits per heavy atom. The summed E-state index contributed by atoms with van der Waals surface area (Å²) in [5.41, 5.74) is 3.06. The highest BCUT2D eigenvalue weighted by Gasteiger charge is 2.48. The molecule has 0 spiro atoms. The first kappa shape index (κ1) is 21.2. The Bertz CT molecular complexity index is 1050. The summed E-state index contributed by atoms with van der Waals surface area (Å²) in [4.78, 5) is 18.0. The Hall–Kier alpha value is -2.99. The van der Waals surface area contributed by atoms with E-state index in [1.165, 1.54) is 10.5 Å². The summed E-state index contributed by atoms with van der Waals surface area (Å²) in [6.07, 6.45) is 3.52. The SMILES string of the molecule is CCc1ccc(CCOc2ccc(C3C(Cl)C(=O)N3c3cc(F)cc(F)c3)cc2)nc1. The smallest absolute Gasteiger partial charge is 0.248 e. The average molecular weight is 443 g/mol. The molecule has 2 aromatic carbocycles. The number of aromatic nitrogens is 1. The van der Waals surface area contributed by atoms with Crippen molar-refractivity contribution < 1.29 is 18.3 Å². The first-order valence-corrected chi connectivity index (χ1v) is 10.5. The van der Waals surface area contributed by atoms with Crippen molar-refractivity contribution in [3.05, 3.63) is 89.2 Å². The lowest BCUT2D eigenvalue weighted by atomic mass is 9.92. The molecule has 160 valence electrons. The predicted molar refractivity (Wildman–Crippen MR) is 115 cm³/mol. The van der Waals surface area contributed by atoms with Gasteiger partial charge in [-0.05, 0) is 47.9 Å². The molecule has 0 saturated carbocycles. The maximum Gasteiger partial charge on any atom is 0.248 e. The molecular formula is C24H21ClF2N2O2. The lowest BCUT2D eigenvalue weighted by Crippen LogP contribution is -2.56.